The van der Waals surface area contributed by atoms with Gasteiger partial charge in [-0.25, -0.2) is 4.79 Å². The van der Waals surface area contributed by atoms with E-state index in [2.05, 4.69) is 33.2 Å². The van der Waals surface area contributed by atoms with Crippen molar-refractivity contribution < 1.29 is 9.90 Å². The van der Waals surface area contributed by atoms with Gasteiger partial charge in [0.2, 0.25) is 0 Å². The third kappa shape index (κ3) is 4.36. The van der Waals surface area contributed by atoms with E-state index in [9.17, 15) is 4.79 Å². The molecule has 4 nitrogen and oxygen atoms in total. The van der Waals surface area contributed by atoms with Gasteiger partial charge in [-0.15, -0.1) is 0 Å². The minimum absolute atomic E-state index is 0.104. The molecule has 0 aliphatic rings. The first-order valence-electron chi connectivity index (χ1n) is 4.88. The topological polar surface area (TPSA) is 61.4 Å². The van der Waals surface area contributed by atoms with E-state index in [4.69, 9.17) is 5.11 Å². The van der Waals surface area contributed by atoms with Gasteiger partial charge < -0.3 is 15.7 Å². The van der Waals surface area contributed by atoms with Crippen molar-refractivity contribution in [3.63, 3.8) is 0 Å². The predicted octanol–water partition coefficient (Wildman–Crippen LogP) is 2.18. The number of urea groups is 1. The molecule has 0 atom stereocenters. The predicted molar refractivity (Wildman–Crippen MR) is 72.5 cm³/mol. The van der Waals surface area contributed by atoms with E-state index in [1.54, 1.807) is 13.8 Å². The molecule has 0 radical (unpaired) electrons. The van der Waals surface area contributed by atoms with Crippen molar-refractivity contribution in [2.45, 2.75) is 19.4 Å². The molecule has 0 aliphatic heterocycles. The molecule has 1 aromatic carbocycles. The molecule has 2 amide bonds. The molecular formula is C11H15IN2O2. The van der Waals surface area contributed by atoms with Crippen LogP contribution in [0.4, 0.5) is 10.5 Å². The summed E-state index contributed by atoms with van der Waals surface area (Å²) >= 11 is 2.20. The highest BCUT2D eigenvalue weighted by atomic mass is 127. The molecule has 0 spiro atoms. The van der Waals surface area contributed by atoms with Crippen LogP contribution in [0.1, 0.15) is 13.8 Å². The number of anilines is 1. The van der Waals surface area contributed by atoms with Gasteiger partial charge in [-0.2, -0.15) is 0 Å². The molecule has 0 bridgehead atoms. The summed E-state index contributed by atoms with van der Waals surface area (Å²) in [5.74, 6) is 0. The zero-order chi connectivity index (χ0) is 12.2. The lowest BCUT2D eigenvalue weighted by atomic mass is 10.1. The van der Waals surface area contributed by atoms with Gasteiger partial charge >= 0.3 is 6.03 Å². The number of hydrogen-bond acceptors (Lipinski definition) is 2. The molecule has 0 heterocycles. The number of nitrogens with one attached hydrogen (secondary N) is 2. The Hall–Kier alpha value is -0.820. The van der Waals surface area contributed by atoms with Crippen LogP contribution in [0, 0.1) is 3.57 Å². The average molecular weight is 334 g/mol. The first-order valence-corrected chi connectivity index (χ1v) is 5.96. The molecule has 0 fully saturated rings. The number of carbonyl (C=O) groups excluding carboxylic acids is 1. The lowest BCUT2D eigenvalue weighted by molar-refractivity contribution is 0.187. The maximum Gasteiger partial charge on any atom is 0.319 e. The van der Waals surface area contributed by atoms with Crippen LogP contribution in [0.15, 0.2) is 24.3 Å². The fourth-order valence-corrected chi connectivity index (χ4v) is 1.40. The monoisotopic (exact) mass is 334 g/mol. The van der Waals surface area contributed by atoms with E-state index >= 15 is 0 Å². The molecule has 0 saturated carbocycles. The smallest absolute Gasteiger partial charge is 0.319 e. The van der Waals surface area contributed by atoms with Crippen LogP contribution in [0.25, 0.3) is 0 Å². The Bertz CT molecular complexity index is 363. The van der Waals surface area contributed by atoms with E-state index in [1.165, 1.54) is 0 Å². The minimum Gasteiger partial charge on any atom is -0.394 e. The summed E-state index contributed by atoms with van der Waals surface area (Å²) in [5.41, 5.74) is 0.111. The fourth-order valence-electron chi connectivity index (χ4n) is 1.04. The lowest BCUT2D eigenvalue weighted by Crippen LogP contribution is -2.48. The maximum absolute atomic E-state index is 11.5. The maximum atomic E-state index is 11.5. The van der Waals surface area contributed by atoms with E-state index in [0.29, 0.717) is 0 Å². The van der Waals surface area contributed by atoms with Crippen molar-refractivity contribution >= 4 is 34.3 Å². The van der Waals surface area contributed by atoms with Gasteiger partial charge in [0.05, 0.1) is 12.1 Å². The second-order valence-electron chi connectivity index (χ2n) is 4.13. The van der Waals surface area contributed by atoms with Crippen molar-refractivity contribution in [1.82, 2.24) is 5.32 Å². The van der Waals surface area contributed by atoms with Gasteiger partial charge in [-0.3, -0.25) is 0 Å². The van der Waals surface area contributed by atoms with Gasteiger partial charge in [-0.05, 0) is 60.7 Å². The highest BCUT2D eigenvalue weighted by Crippen LogP contribution is 2.11. The van der Waals surface area contributed by atoms with Crippen LogP contribution < -0.4 is 10.6 Å². The Balaban J connectivity index is 2.55. The minimum atomic E-state index is -0.618. The quantitative estimate of drug-likeness (QED) is 0.742. The van der Waals surface area contributed by atoms with E-state index in [-0.39, 0.29) is 12.6 Å². The van der Waals surface area contributed by atoms with Crippen molar-refractivity contribution in [1.29, 1.82) is 0 Å². The van der Waals surface area contributed by atoms with Crippen molar-refractivity contribution in [2.75, 3.05) is 11.9 Å². The fraction of sp³-hybridized carbons (Fsp3) is 0.364. The summed E-state index contributed by atoms with van der Waals surface area (Å²) in [4.78, 5) is 11.5. The zero-order valence-electron chi connectivity index (χ0n) is 9.25. The van der Waals surface area contributed by atoms with Crippen LogP contribution in [0.2, 0.25) is 0 Å². The summed E-state index contributed by atoms with van der Waals surface area (Å²) in [6, 6.07) is 7.15. The standard InChI is InChI=1S/C11H15IN2O2/c1-11(2,7-15)14-10(16)13-9-5-3-8(12)4-6-9/h3-6,15H,7H2,1-2H3,(H2,13,14,16). The Morgan fingerprint density at radius 1 is 1.38 bits per heavy atom. The zero-order valence-corrected chi connectivity index (χ0v) is 11.4. The Morgan fingerprint density at radius 2 is 1.94 bits per heavy atom. The summed E-state index contributed by atoms with van der Waals surface area (Å²) in [6.45, 7) is 3.40. The number of amides is 2. The van der Waals surface area contributed by atoms with E-state index in [1.807, 2.05) is 24.3 Å². The third-order valence-electron chi connectivity index (χ3n) is 1.95. The first-order chi connectivity index (χ1) is 7.43. The lowest BCUT2D eigenvalue weighted by Gasteiger charge is -2.23. The molecule has 1 rings (SSSR count). The second-order valence-corrected chi connectivity index (χ2v) is 5.37. The molecule has 0 aliphatic carbocycles. The molecule has 0 unspecified atom stereocenters. The molecule has 0 aromatic heterocycles. The van der Waals surface area contributed by atoms with Gasteiger partial charge in [0.1, 0.15) is 0 Å². The molecule has 16 heavy (non-hydrogen) atoms. The molecule has 88 valence electrons. The first kappa shape index (κ1) is 13.2. The molecule has 1 aromatic rings. The van der Waals surface area contributed by atoms with Crippen LogP contribution in [-0.2, 0) is 0 Å². The normalized spacial score (nSPS) is 11.0. The summed E-state index contributed by atoms with van der Waals surface area (Å²) in [7, 11) is 0. The molecule has 5 heteroatoms. The summed E-state index contributed by atoms with van der Waals surface area (Å²) < 4.78 is 1.11. The van der Waals surface area contributed by atoms with E-state index in [0.717, 1.165) is 9.26 Å². The van der Waals surface area contributed by atoms with Gasteiger partial charge in [0.25, 0.3) is 0 Å². The van der Waals surface area contributed by atoms with E-state index < -0.39 is 5.54 Å². The van der Waals surface area contributed by atoms with Crippen LogP contribution in [-0.4, -0.2) is 23.3 Å². The van der Waals surface area contributed by atoms with Crippen molar-refractivity contribution in [2.24, 2.45) is 0 Å². The van der Waals surface area contributed by atoms with Crippen molar-refractivity contribution in [3.05, 3.63) is 27.8 Å². The summed E-state index contributed by atoms with van der Waals surface area (Å²) in [6.07, 6.45) is 0. The highest BCUT2D eigenvalue weighted by Gasteiger charge is 2.18. The summed E-state index contributed by atoms with van der Waals surface area (Å²) in [5, 5.41) is 14.4. The number of hydrogen-bond donors (Lipinski definition) is 3. The van der Waals surface area contributed by atoms with Crippen molar-refractivity contribution in [3.8, 4) is 0 Å². The molecule has 3 N–H and O–H groups in total. The number of benzene rings is 1. The van der Waals surface area contributed by atoms with Gasteiger partial charge in [0, 0.05) is 9.26 Å². The Labute approximate surface area is 109 Å². The number of aliphatic hydroxyl groups excluding tert-OH is 1. The molecule has 0 saturated heterocycles. The van der Waals surface area contributed by atoms with Crippen LogP contribution >= 0.6 is 22.6 Å². The SMILES string of the molecule is CC(C)(CO)NC(=O)Nc1ccc(I)cc1. The third-order valence-corrected chi connectivity index (χ3v) is 2.67. The average Bonchev–Trinajstić information content (AvgIpc) is 2.21. The second kappa shape index (κ2) is 5.49. The number of aliphatic hydroxyl groups is 1. The Morgan fingerprint density at radius 3 is 2.44 bits per heavy atom. The number of carbonyl (C=O) groups is 1. The number of halogens is 1. The van der Waals surface area contributed by atoms with Crippen LogP contribution in [0.5, 0.6) is 0 Å². The highest BCUT2D eigenvalue weighted by molar-refractivity contribution is 14.1. The Kier molecular flexibility index (Phi) is 4.55. The number of rotatable bonds is 3. The molecular weight excluding hydrogens is 319 g/mol. The van der Waals surface area contributed by atoms with Gasteiger partial charge in [0.15, 0.2) is 0 Å². The van der Waals surface area contributed by atoms with Gasteiger partial charge in [-0.1, -0.05) is 0 Å². The largest absolute Gasteiger partial charge is 0.394 e. The van der Waals surface area contributed by atoms with Crippen LogP contribution in [0.3, 0.4) is 0 Å².